The number of rotatable bonds is 7. The second-order valence-electron chi connectivity index (χ2n) is 7.58. The van der Waals surface area contributed by atoms with Gasteiger partial charge >= 0.3 is 5.97 Å². The zero-order valence-corrected chi connectivity index (χ0v) is 18.9. The Morgan fingerprint density at radius 1 is 0.912 bits per heavy atom. The summed E-state index contributed by atoms with van der Waals surface area (Å²) in [5.41, 5.74) is 0.145. The number of carbonyl (C=O) groups excluding carboxylic acids is 2. The third-order valence-electron chi connectivity index (χ3n) is 5.39. The SMILES string of the molecule is O=C(OC(C(=O)c1ccccc1)c1ccccc1)c1cc(S(=O)(=O)N2CCOCC2)ccc1F. The molecule has 0 bridgehead atoms. The number of halogens is 1. The summed E-state index contributed by atoms with van der Waals surface area (Å²) in [7, 11) is -3.96. The van der Waals surface area contributed by atoms with Crippen LogP contribution in [0, 0.1) is 5.82 Å². The van der Waals surface area contributed by atoms with E-state index in [-0.39, 0.29) is 31.2 Å². The van der Waals surface area contributed by atoms with Crippen molar-refractivity contribution in [3.63, 3.8) is 0 Å². The number of hydrogen-bond donors (Lipinski definition) is 0. The van der Waals surface area contributed by atoms with Gasteiger partial charge in [-0.15, -0.1) is 0 Å². The minimum absolute atomic E-state index is 0.154. The summed E-state index contributed by atoms with van der Waals surface area (Å²) in [6.07, 6.45) is -1.34. The van der Waals surface area contributed by atoms with E-state index in [4.69, 9.17) is 9.47 Å². The van der Waals surface area contributed by atoms with Gasteiger partial charge in [0.1, 0.15) is 5.82 Å². The molecule has 1 unspecified atom stereocenters. The van der Waals surface area contributed by atoms with Crippen LogP contribution in [0.25, 0.3) is 0 Å². The highest BCUT2D eigenvalue weighted by Gasteiger charge is 2.31. The molecule has 0 aromatic heterocycles. The maximum absolute atomic E-state index is 14.6. The Morgan fingerprint density at radius 3 is 2.18 bits per heavy atom. The molecular weight excluding hydrogens is 461 g/mol. The molecule has 0 amide bonds. The normalized spacial score (nSPS) is 15.4. The molecule has 34 heavy (non-hydrogen) atoms. The van der Waals surface area contributed by atoms with Gasteiger partial charge in [0.2, 0.25) is 15.8 Å². The highest BCUT2D eigenvalue weighted by molar-refractivity contribution is 7.89. The summed E-state index contributed by atoms with van der Waals surface area (Å²) in [6.45, 7) is 0.799. The predicted molar refractivity (Wildman–Crippen MR) is 121 cm³/mol. The third-order valence-corrected chi connectivity index (χ3v) is 7.28. The molecule has 0 N–H and O–H groups in total. The Labute approximate surface area is 196 Å². The lowest BCUT2D eigenvalue weighted by Gasteiger charge is -2.26. The maximum atomic E-state index is 14.6. The fourth-order valence-electron chi connectivity index (χ4n) is 3.58. The van der Waals surface area contributed by atoms with E-state index < -0.39 is 39.3 Å². The first-order valence-corrected chi connectivity index (χ1v) is 12.0. The van der Waals surface area contributed by atoms with Gasteiger partial charge in [0, 0.05) is 24.2 Å². The van der Waals surface area contributed by atoms with Crippen molar-refractivity contribution >= 4 is 21.8 Å². The molecule has 1 fully saturated rings. The van der Waals surface area contributed by atoms with Crippen molar-refractivity contribution in [3.8, 4) is 0 Å². The van der Waals surface area contributed by atoms with E-state index >= 15 is 0 Å². The van der Waals surface area contributed by atoms with Gasteiger partial charge < -0.3 is 9.47 Å². The van der Waals surface area contributed by atoms with E-state index in [1.807, 2.05) is 0 Å². The number of esters is 1. The van der Waals surface area contributed by atoms with Crippen LogP contribution in [0.1, 0.15) is 32.4 Å². The Balaban J connectivity index is 1.65. The fourth-order valence-corrected chi connectivity index (χ4v) is 5.02. The monoisotopic (exact) mass is 483 g/mol. The highest BCUT2D eigenvalue weighted by atomic mass is 32.2. The summed E-state index contributed by atoms with van der Waals surface area (Å²) in [5.74, 6) is -2.59. The molecule has 1 aliphatic rings. The fraction of sp³-hybridized carbons (Fsp3) is 0.200. The van der Waals surface area contributed by atoms with Crippen molar-refractivity contribution in [1.29, 1.82) is 0 Å². The van der Waals surface area contributed by atoms with Crippen LogP contribution >= 0.6 is 0 Å². The molecule has 1 heterocycles. The van der Waals surface area contributed by atoms with E-state index in [1.54, 1.807) is 60.7 Å². The Morgan fingerprint density at radius 2 is 1.53 bits per heavy atom. The van der Waals surface area contributed by atoms with Gasteiger partial charge in [-0.3, -0.25) is 4.79 Å². The van der Waals surface area contributed by atoms with Crippen molar-refractivity contribution in [2.45, 2.75) is 11.0 Å². The van der Waals surface area contributed by atoms with Gasteiger partial charge in [-0.1, -0.05) is 60.7 Å². The number of carbonyl (C=O) groups is 2. The summed E-state index contributed by atoms with van der Waals surface area (Å²) >= 11 is 0. The topological polar surface area (TPSA) is 90.0 Å². The largest absolute Gasteiger partial charge is 0.445 e. The summed E-state index contributed by atoms with van der Waals surface area (Å²) < 4.78 is 52.4. The van der Waals surface area contributed by atoms with Crippen molar-refractivity contribution in [3.05, 3.63) is 101 Å². The van der Waals surface area contributed by atoms with Crippen LogP contribution in [0.15, 0.2) is 83.8 Å². The zero-order chi connectivity index (χ0) is 24.1. The van der Waals surface area contributed by atoms with Gasteiger partial charge in [0.15, 0.2) is 6.10 Å². The lowest BCUT2D eigenvalue weighted by atomic mass is 9.99. The van der Waals surface area contributed by atoms with Crippen molar-refractivity contribution in [2.24, 2.45) is 0 Å². The van der Waals surface area contributed by atoms with E-state index in [9.17, 15) is 22.4 Å². The Hall–Kier alpha value is -3.40. The molecule has 0 saturated carbocycles. The second kappa shape index (κ2) is 10.3. The average molecular weight is 484 g/mol. The first-order chi connectivity index (χ1) is 16.4. The third kappa shape index (κ3) is 5.06. The smallest absolute Gasteiger partial charge is 0.342 e. The van der Waals surface area contributed by atoms with E-state index in [0.29, 0.717) is 11.1 Å². The van der Waals surface area contributed by atoms with Crippen LogP contribution in [-0.4, -0.2) is 50.8 Å². The summed E-state index contributed by atoms with van der Waals surface area (Å²) in [6, 6.07) is 19.6. The molecular formula is C25H22FNO6S. The molecule has 176 valence electrons. The van der Waals surface area contributed by atoms with Gasteiger partial charge in [-0.05, 0) is 18.2 Å². The molecule has 1 aliphatic heterocycles. The molecule has 1 atom stereocenters. The molecule has 3 aromatic rings. The highest BCUT2D eigenvalue weighted by Crippen LogP contribution is 2.26. The average Bonchev–Trinajstić information content (AvgIpc) is 2.88. The predicted octanol–water partition coefficient (Wildman–Crippen LogP) is 3.63. The van der Waals surface area contributed by atoms with E-state index in [2.05, 4.69) is 0 Å². The van der Waals surface area contributed by atoms with Gasteiger partial charge in [-0.25, -0.2) is 17.6 Å². The lowest BCUT2D eigenvalue weighted by molar-refractivity contribution is 0.0275. The summed E-state index contributed by atoms with van der Waals surface area (Å²) in [4.78, 5) is 25.9. The number of benzene rings is 3. The molecule has 3 aromatic carbocycles. The second-order valence-corrected chi connectivity index (χ2v) is 9.52. The van der Waals surface area contributed by atoms with Crippen LogP contribution in [0.2, 0.25) is 0 Å². The van der Waals surface area contributed by atoms with Crippen molar-refractivity contribution in [2.75, 3.05) is 26.3 Å². The number of ketones is 1. The van der Waals surface area contributed by atoms with Crippen LogP contribution in [-0.2, 0) is 19.5 Å². The number of nitrogens with zero attached hydrogens (tertiary/aromatic N) is 1. The number of sulfonamides is 1. The maximum Gasteiger partial charge on any atom is 0.342 e. The van der Waals surface area contributed by atoms with Crippen LogP contribution < -0.4 is 0 Å². The lowest BCUT2D eigenvalue weighted by Crippen LogP contribution is -2.40. The first kappa shape index (κ1) is 23.7. The van der Waals surface area contributed by atoms with Crippen LogP contribution in [0.4, 0.5) is 4.39 Å². The van der Waals surface area contributed by atoms with Gasteiger partial charge in [0.05, 0.1) is 23.7 Å². The zero-order valence-electron chi connectivity index (χ0n) is 18.1. The Kier molecular flexibility index (Phi) is 7.16. The van der Waals surface area contributed by atoms with Crippen LogP contribution in [0.3, 0.4) is 0 Å². The molecule has 0 aliphatic carbocycles. The molecule has 4 rings (SSSR count). The molecule has 1 saturated heterocycles. The molecule has 9 heteroatoms. The Bertz CT molecular complexity index is 1280. The molecule has 0 spiro atoms. The minimum Gasteiger partial charge on any atom is -0.445 e. The first-order valence-electron chi connectivity index (χ1n) is 10.6. The van der Waals surface area contributed by atoms with Gasteiger partial charge in [-0.2, -0.15) is 4.31 Å². The van der Waals surface area contributed by atoms with Crippen molar-refractivity contribution < 1.29 is 31.9 Å². The minimum atomic E-state index is -3.96. The number of hydrogen-bond acceptors (Lipinski definition) is 6. The van der Waals surface area contributed by atoms with Gasteiger partial charge in [0.25, 0.3) is 0 Å². The number of morpholine rings is 1. The quantitative estimate of drug-likeness (QED) is 0.377. The standard InChI is InChI=1S/C25H22FNO6S/c26-22-12-11-20(34(30,31)27-13-15-32-16-14-27)17-21(22)25(29)33-24(19-9-5-2-6-10-19)23(28)18-7-3-1-4-8-18/h1-12,17,24H,13-16H2. The van der Waals surface area contributed by atoms with Crippen LogP contribution in [0.5, 0.6) is 0 Å². The summed E-state index contributed by atoms with van der Waals surface area (Å²) in [5, 5.41) is 0. The molecule has 7 nitrogen and oxygen atoms in total. The van der Waals surface area contributed by atoms with E-state index in [0.717, 1.165) is 18.2 Å². The van der Waals surface area contributed by atoms with E-state index in [1.165, 1.54) is 4.31 Å². The number of ether oxygens (including phenoxy) is 2. The molecule has 0 radical (unpaired) electrons. The van der Waals surface area contributed by atoms with Crippen molar-refractivity contribution in [1.82, 2.24) is 4.31 Å². The number of Topliss-reactive ketones (excluding diaryl/α,β-unsaturated/α-hetero) is 1.